The second-order valence-electron chi connectivity index (χ2n) is 6.77. The number of guanidine groups is 1. The van der Waals surface area contributed by atoms with E-state index in [0.717, 1.165) is 60.6 Å². The van der Waals surface area contributed by atoms with Gasteiger partial charge in [0.2, 0.25) is 0 Å². The molecule has 27 heavy (non-hydrogen) atoms. The van der Waals surface area contributed by atoms with Crippen molar-refractivity contribution in [2.24, 2.45) is 4.99 Å². The quantitative estimate of drug-likeness (QED) is 0.610. The number of thiazole rings is 1. The lowest BCUT2D eigenvalue weighted by atomic mass is 10.0. The second kappa shape index (κ2) is 9.08. The topological polar surface area (TPSA) is 61.8 Å². The van der Waals surface area contributed by atoms with E-state index in [-0.39, 0.29) is 0 Å². The Kier molecular flexibility index (Phi) is 6.55. The lowest BCUT2D eigenvalue weighted by molar-refractivity contribution is 0.408. The molecular weight excluding hydrogens is 358 g/mol. The highest BCUT2D eigenvalue weighted by Gasteiger charge is 2.22. The van der Waals surface area contributed by atoms with Gasteiger partial charge in [0.1, 0.15) is 5.75 Å². The molecule has 146 valence electrons. The minimum atomic E-state index is 0.346. The fraction of sp³-hybridized carbons (Fsp3) is 0.500. The zero-order valence-corrected chi connectivity index (χ0v) is 17.4. The minimum Gasteiger partial charge on any atom is -0.495 e. The first-order valence-corrected chi connectivity index (χ1v) is 10.2. The first-order valence-electron chi connectivity index (χ1n) is 9.38. The van der Waals surface area contributed by atoms with Crippen LogP contribution in [0.1, 0.15) is 28.4 Å². The molecule has 0 bridgehead atoms. The molecular formula is C20H29N5OS. The molecule has 0 aliphatic carbocycles. The molecule has 0 radical (unpaired) electrons. The maximum Gasteiger partial charge on any atom is 0.191 e. The van der Waals surface area contributed by atoms with Gasteiger partial charge in [-0.3, -0.25) is 4.99 Å². The van der Waals surface area contributed by atoms with Crippen LogP contribution in [0.15, 0.2) is 29.3 Å². The Hall–Kier alpha value is -2.28. The fourth-order valence-corrected chi connectivity index (χ4v) is 4.37. The number of aliphatic imine (C=N–C) groups is 1. The van der Waals surface area contributed by atoms with Gasteiger partial charge in [-0.2, -0.15) is 0 Å². The standard InChI is InChI=1S/C20H29N5OS/c1-14-19(27-15(2)23-14)12-22-20(21-3)24-16-8-7-11-25(13-16)17-9-5-6-10-18(17)26-4/h5-6,9-10,16H,7-8,11-13H2,1-4H3,(H2,21,22,24). The molecule has 2 aromatic rings. The smallest absolute Gasteiger partial charge is 0.191 e. The van der Waals surface area contributed by atoms with Crippen LogP contribution in [0, 0.1) is 13.8 Å². The SMILES string of the molecule is CN=C(NCc1sc(C)nc1C)NC1CCCN(c2ccccc2OC)C1. The van der Waals surface area contributed by atoms with E-state index in [0.29, 0.717) is 6.04 Å². The molecule has 1 aliphatic heterocycles. The van der Waals surface area contributed by atoms with Crippen LogP contribution in [0.5, 0.6) is 5.75 Å². The molecule has 3 rings (SSSR count). The van der Waals surface area contributed by atoms with Crippen LogP contribution < -0.4 is 20.3 Å². The number of nitrogens with zero attached hydrogens (tertiary/aromatic N) is 3. The number of ether oxygens (including phenoxy) is 1. The van der Waals surface area contributed by atoms with Crippen molar-refractivity contribution in [2.45, 2.75) is 39.3 Å². The lowest BCUT2D eigenvalue weighted by Gasteiger charge is -2.36. The zero-order valence-electron chi connectivity index (χ0n) is 16.6. The summed E-state index contributed by atoms with van der Waals surface area (Å²) in [5.41, 5.74) is 2.26. The average Bonchev–Trinajstić information content (AvgIpc) is 3.02. The molecule has 1 fully saturated rings. The predicted molar refractivity (Wildman–Crippen MR) is 113 cm³/mol. The van der Waals surface area contributed by atoms with E-state index >= 15 is 0 Å². The first kappa shape index (κ1) is 19.5. The number of hydrogen-bond donors (Lipinski definition) is 2. The van der Waals surface area contributed by atoms with E-state index in [4.69, 9.17) is 4.74 Å². The van der Waals surface area contributed by atoms with Crippen molar-refractivity contribution >= 4 is 23.0 Å². The number of aryl methyl sites for hydroxylation is 2. The van der Waals surface area contributed by atoms with Gasteiger partial charge in [-0.25, -0.2) is 4.98 Å². The minimum absolute atomic E-state index is 0.346. The summed E-state index contributed by atoms with van der Waals surface area (Å²) in [5, 5.41) is 8.11. The third kappa shape index (κ3) is 4.91. The number of para-hydroxylation sites is 2. The Labute approximate surface area is 165 Å². The number of methoxy groups -OCH3 is 1. The van der Waals surface area contributed by atoms with E-state index in [2.05, 4.69) is 44.6 Å². The monoisotopic (exact) mass is 387 g/mol. The van der Waals surface area contributed by atoms with Crippen molar-refractivity contribution in [2.75, 3.05) is 32.1 Å². The Morgan fingerprint density at radius 2 is 2.19 bits per heavy atom. The van der Waals surface area contributed by atoms with Crippen LogP contribution in [-0.2, 0) is 6.54 Å². The third-order valence-electron chi connectivity index (χ3n) is 4.83. The summed E-state index contributed by atoms with van der Waals surface area (Å²) in [7, 11) is 3.55. The maximum atomic E-state index is 5.53. The predicted octanol–water partition coefficient (Wildman–Crippen LogP) is 3.10. The second-order valence-corrected chi connectivity index (χ2v) is 8.06. The maximum absolute atomic E-state index is 5.53. The number of piperidine rings is 1. The van der Waals surface area contributed by atoms with Gasteiger partial charge >= 0.3 is 0 Å². The van der Waals surface area contributed by atoms with Crippen LogP contribution >= 0.6 is 11.3 Å². The van der Waals surface area contributed by atoms with Crippen molar-refractivity contribution in [1.29, 1.82) is 0 Å². The number of anilines is 1. The fourth-order valence-electron chi connectivity index (χ4n) is 3.49. The van der Waals surface area contributed by atoms with E-state index in [1.54, 1.807) is 18.4 Å². The van der Waals surface area contributed by atoms with Gasteiger partial charge in [-0.15, -0.1) is 11.3 Å². The molecule has 1 atom stereocenters. The molecule has 1 aromatic heterocycles. The molecule has 0 amide bonds. The van der Waals surface area contributed by atoms with Gasteiger partial charge in [0.05, 0.1) is 30.0 Å². The van der Waals surface area contributed by atoms with Gasteiger partial charge in [0.25, 0.3) is 0 Å². The molecule has 0 spiro atoms. The third-order valence-corrected chi connectivity index (χ3v) is 5.90. The van der Waals surface area contributed by atoms with E-state index in [1.807, 2.05) is 26.1 Å². The highest BCUT2D eigenvalue weighted by Crippen LogP contribution is 2.29. The Morgan fingerprint density at radius 3 is 2.89 bits per heavy atom. The molecule has 6 nitrogen and oxygen atoms in total. The zero-order chi connectivity index (χ0) is 19.2. The van der Waals surface area contributed by atoms with E-state index in [1.165, 1.54) is 4.88 Å². The average molecular weight is 388 g/mol. The highest BCUT2D eigenvalue weighted by molar-refractivity contribution is 7.11. The Balaban J connectivity index is 1.59. The Morgan fingerprint density at radius 1 is 1.37 bits per heavy atom. The summed E-state index contributed by atoms with van der Waals surface area (Å²) in [6.45, 7) is 6.83. The number of benzene rings is 1. The van der Waals surface area contributed by atoms with E-state index in [9.17, 15) is 0 Å². The molecule has 1 aliphatic rings. The molecule has 2 heterocycles. The van der Waals surface area contributed by atoms with Crippen molar-refractivity contribution in [1.82, 2.24) is 15.6 Å². The molecule has 7 heteroatoms. The van der Waals surface area contributed by atoms with Crippen molar-refractivity contribution in [3.63, 3.8) is 0 Å². The molecule has 1 saturated heterocycles. The molecule has 0 saturated carbocycles. The molecule has 2 N–H and O–H groups in total. The van der Waals surface area contributed by atoms with Crippen LogP contribution in [0.3, 0.4) is 0 Å². The van der Waals surface area contributed by atoms with Crippen molar-refractivity contribution in [3.8, 4) is 5.75 Å². The van der Waals surface area contributed by atoms with Crippen LogP contribution in [0.25, 0.3) is 0 Å². The van der Waals surface area contributed by atoms with Gasteiger partial charge in [-0.05, 0) is 38.8 Å². The normalized spacial score (nSPS) is 17.7. The summed E-state index contributed by atoms with van der Waals surface area (Å²) in [6.07, 6.45) is 2.27. The van der Waals surface area contributed by atoms with Crippen molar-refractivity contribution in [3.05, 3.63) is 39.8 Å². The van der Waals surface area contributed by atoms with Crippen LogP contribution in [0.2, 0.25) is 0 Å². The van der Waals surface area contributed by atoms with Gasteiger partial charge in [0, 0.05) is 31.1 Å². The summed E-state index contributed by atoms with van der Waals surface area (Å²) < 4.78 is 5.53. The molecule has 1 aromatic carbocycles. The number of hydrogen-bond acceptors (Lipinski definition) is 5. The van der Waals surface area contributed by atoms with Crippen molar-refractivity contribution < 1.29 is 4.74 Å². The molecule has 1 unspecified atom stereocenters. The largest absolute Gasteiger partial charge is 0.495 e. The van der Waals surface area contributed by atoms with Gasteiger partial charge in [-0.1, -0.05) is 12.1 Å². The summed E-state index contributed by atoms with van der Waals surface area (Å²) >= 11 is 1.74. The van der Waals surface area contributed by atoms with Crippen LogP contribution in [-0.4, -0.2) is 44.2 Å². The summed E-state index contributed by atoms with van der Waals surface area (Å²) in [6, 6.07) is 8.57. The van der Waals surface area contributed by atoms with Gasteiger partial charge < -0.3 is 20.3 Å². The Bertz CT molecular complexity index is 788. The first-order chi connectivity index (χ1) is 13.1. The van der Waals surface area contributed by atoms with Crippen LogP contribution in [0.4, 0.5) is 5.69 Å². The summed E-state index contributed by atoms with van der Waals surface area (Å²) in [5.74, 6) is 1.77. The highest BCUT2D eigenvalue weighted by atomic mass is 32.1. The number of nitrogens with one attached hydrogen (secondary N) is 2. The summed E-state index contributed by atoms with van der Waals surface area (Å²) in [4.78, 5) is 12.5. The lowest BCUT2D eigenvalue weighted by Crippen LogP contribution is -2.51. The number of rotatable bonds is 5. The van der Waals surface area contributed by atoms with Gasteiger partial charge in [0.15, 0.2) is 5.96 Å². The number of aromatic nitrogens is 1. The van der Waals surface area contributed by atoms with E-state index < -0.39 is 0 Å².